The summed E-state index contributed by atoms with van der Waals surface area (Å²) in [6, 6.07) is 8.42. The molecule has 0 amide bonds. The average Bonchev–Trinajstić information content (AvgIpc) is 2.41. The van der Waals surface area contributed by atoms with E-state index in [4.69, 9.17) is 15.7 Å². The third-order valence-corrected chi connectivity index (χ3v) is 3.48. The van der Waals surface area contributed by atoms with Crippen molar-refractivity contribution in [3.05, 3.63) is 23.8 Å². The van der Waals surface area contributed by atoms with E-state index >= 15 is 0 Å². The number of nitrogens with zero attached hydrogens (tertiary/aromatic N) is 1. The Kier molecular flexibility index (Phi) is 4.06. The number of benzene rings is 1. The molecule has 4 nitrogen and oxygen atoms in total. The van der Waals surface area contributed by atoms with Crippen molar-refractivity contribution in [1.82, 2.24) is 0 Å². The summed E-state index contributed by atoms with van der Waals surface area (Å²) in [6.07, 6.45) is 4.21. The van der Waals surface area contributed by atoms with E-state index in [2.05, 4.69) is 11.4 Å². The lowest BCUT2D eigenvalue weighted by atomic mass is 9.91. The quantitative estimate of drug-likeness (QED) is 0.856. The van der Waals surface area contributed by atoms with Crippen molar-refractivity contribution in [3.8, 4) is 11.8 Å². The summed E-state index contributed by atoms with van der Waals surface area (Å²) in [6.45, 7) is 0. The van der Waals surface area contributed by atoms with Crippen molar-refractivity contribution in [2.45, 2.75) is 37.8 Å². The maximum Gasteiger partial charge on any atom is 0.121 e. The summed E-state index contributed by atoms with van der Waals surface area (Å²) < 4.78 is 5.19. The predicted octanol–water partition coefficient (Wildman–Crippen LogP) is 2.25. The summed E-state index contributed by atoms with van der Waals surface area (Å²) in [7, 11) is 1.63. The van der Waals surface area contributed by atoms with Crippen LogP contribution >= 0.6 is 0 Å². The zero-order chi connectivity index (χ0) is 13.0. The number of nitriles is 1. The highest BCUT2D eigenvalue weighted by atomic mass is 16.5. The molecule has 0 aliphatic heterocycles. The lowest BCUT2D eigenvalue weighted by Crippen LogP contribution is -2.32. The second-order valence-corrected chi connectivity index (χ2v) is 4.78. The van der Waals surface area contributed by atoms with Crippen LogP contribution in [0.2, 0.25) is 0 Å². The number of ether oxygens (including phenoxy) is 1. The fourth-order valence-electron chi connectivity index (χ4n) is 2.35. The van der Waals surface area contributed by atoms with Crippen molar-refractivity contribution in [2.75, 3.05) is 12.4 Å². The van der Waals surface area contributed by atoms with Crippen LogP contribution in [0.25, 0.3) is 0 Å². The van der Waals surface area contributed by atoms with Crippen molar-refractivity contribution in [2.24, 2.45) is 5.73 Å². The van der Waals surface area contributed by atoms with E-state index in [1.54, 1.807) is 19.2 Å². The molecule has 0 heterocycles. The fraction of sp³-hybridized carbons (Fsp3) is 0.500. The Balaban J connectivity index is 2.10. The van der Waals surface area contributed by atoms with Gasteiger partial charge in [-0.15, -0.1) is 0 Å². The highest BCUT2D eigenvalue weighted by Gasteiger charge is 2.19. The van der Waals surface area contributed by atoms with Crippen molar-refractivity contribution in [1.29, 1.82) is 5.26 Å². The molecule has 0 aromatic heterocycles. The van der Waals surface area contributed by atoms with E-state index < -0.39 is 0 Å². The third-order valence-electron chi connectivity index (χ3n) is 3.48. The van der Waals surface area contributed by atoms with Gasteiger partial charge in [0.1, 0.15) is 11.8 Å². The van der Waals surface area contributed by atoms with Gasteiger partial charge >= 0.3 is 0 Å². The molecule has 2 rings (SSSR count). The van der Waals surface area contributed by atoms with Gasteiger partial charge in [-0.3, -0.25) is 0 Å². The molecule has 1 aromatic rings. The molecular formula is C14H19N3O. The molecule has 1 aliphatic carbocycles. The SMILES string of the molecule is COc1ccc(C#N)c(NC2CCC(N)CC2)c1. The Labute approximate surface area is 108 Å². The molecule has 1 aromatic carbocycles. The summed E-state index contributed by atoms with van der Waals surface area (Å²) in [4.78, 5) is 0. The molecule has 0 saturated heterocycles. The van der Waals surface area contributed by atoms with Crippen LogP contribution in [0.3, 0.4) is 0 Å². The first-order valence-corrected chi connectivity index (χ1v) is 6.33. The zero-order valence-corrected chi connectivity index (χ0v) is 10.6. The predicted molar refractivity (Wildman–Crippen MR) is 71.6 cm³/mol. The third kappa shape index (κ3) is 2.93. The largest absolute Gasteiger partial charge is 0.497 e. The van der Waals surface area contributed by atoms with Gasteiger partial charge in [0.25, 0.3) is 0 Å². The molecule has 96 valence electrons. The van der Waals surface area contributed by atoms with E-state index in [9.17, 15) is 0 Å². The van der Waals surface area contributed by atoms with E-state index in [1.807, 2.05) is 6.07 Å². The maximum absolute atomic E-state index is 9.10. The normalized spacial score (nSPS) is 23.2. The van der Waals surface area contributed by atoms with E-state index in [1.165, 1.54) is 0 Å². The van der Waals surface area contributed by atoms with Gasteiger partial charge in [0, 0.05) is 18.2 Å². The maximum atomic E-state index is 9.10. The van der Waals surface area contributed by atoms with Gasteiger partial charge in [-0.05, 0) is 37.8 Å². The number of hydrogen-bond acceptors (Lipinski definition) is 4. The zero-order valence-electron chi connectivity index (χ0n) is 10.6. The summed E-state index contributed by atoms with van der Waals surface area (Å²) >= 11 is 0. The Bertz CT molecular complexity index is 445. The number of nitrogens with one attached hydrogen (secondary N) is 1. The molecular weight excluding hydrogens is 226 g/mol. The van der Waals surface area contributed by atoms with Gasteiger partial charge in [0.15, 0.2) is 0 Å². The molecule has 0 atom stereocenters. The van der Waals surface area contributed by atoms with Crippen molar-refractivity contribution < 1.29 is 4.74 Å². The van der Waals surface area contributed by atoms with E-state index in [0.717, 1.165) is 37.1 Å². The van der Waals surface area contributed by atoms with Gasteiger partial charge < -0.3 is 15.8 Å². The second kappa shape index (κ2) is 5.74. The fourth-order valence-corrected chi connectivity index (χ4v) is 2.35. The Hall–Kier alpha value is -1.73. The van der Waals surface area contributed by atoms with Crippen LogP contribution < -0.4 is 15.8 Å². The first-order chi connectivity index (χ1) is 8.72. The van der Waals surface area contributed by atoms with Crippen LogP contribution in [-0.2, 0) is 0 Å². The van der Waals surface area contributed by atoms with Gasteiger partial charge in [-0.25, -0.2) is 0 Å². The lowest BCUT2D eigenvalue weighted by Gasteiger charge is -2.28. The first-order valence-electron chi connectivity index (χ1n) is 6.33. The smallest absolute Gasteiger partial charge is 0.121 e. The molecule has 0 spiro atoms. The van der Waals surface area contributed by atoms with Crippen molar-refractivity contribution in [3.63, 3.8) is 0 Å². The van der Waals surface area contributed by atoms with E-state index in [-0.39, 0.29) is 0 Å². The van der Waals surface area contributed by atoms with Crippen molar-refractivity contribution >= 4 is 5.69 Å². The molecule has 0 unspecified atom stereocenters. The minimum Gasteiger partial charge on any atom is -0.497 e. The minimum atomic E-state index is 0.337. The number of hydrogen-bond donors (Lipinski definition) is 2. The monoisotopic (exact) mass is 245 g/mol. The Morgan fingerprint density at radius 2 is 2.06 bits per heavy atom. The number of nitrogens with two attached hydrogens (primary N) is 1. The molecule has 4 heteroatoms. The Morgan fingerprint density at radius 1 is 1.33 bits per heavy atom. The summed E-state index contributed by atoms with van der Waals surface area (Å²) in [5.74, 6) is 0.768. The second-order valence-electron chi connectivity index (χ2n) is 4.78. The molecule has 1 fully saturated rings. The molecule has 1 aliphatic rings. The average molecular weight is 245 g/mol. The number of anilines is 1. The topological polar surface area (TPSA) is 71.1 Å². The first kappa shape index (κ1) is 12.7. The standard InChI is InChI=1S/C14H19N3O/c1-18-13-7-2-10(9-15)14(8-13)17-12-5-3-11(16)4-6-12/h2,7-8,11-12,17H,3-6,16H2,1H3. The molecule has 0 bridgehead atoms. The number of methoxy groups -OCH3 is 1. The van der Waals surface area contributed by atoms with E-state index in [0.29, 0.717) is 17.6 Å². The van der Waals surface area contributed by atoms with Crippen LogP contribution in [-0.4, -0.2) is 19.2 Å². The van der Waals surface area contributed by atoms with Gasteiger partial charge in [0.2, 0.25) is 0 Å². The number of rotatable bonds is 3. The summed E-state index contributed by atoms with van der Waals surface area (Å²) in [5, 5.41) is 12.5. The van der Waals surface area contributed by atoms with Crippen LogP contribution in [0.5, 0.6) is 5.75 Å². The molecule has 18 heavy (non-hydrogen) atoms. The molecule has 0 radical (unpaired) electrons. The van der Waals surface area contributed by atoms with Crippen LogP contribution in [0, 0.1) is 11.3 Å². The minimum absolute atomic E-state index is 0.337. The molecule has 1 saturated carbocycles. The van der Waals surface area contributed by atoms with Crippen LogP contribution in [0.4, 0.5) is 5.69 Å². The molecule has 3 N–H and O–H groups in total. The summed E-state index contributed by atoms with van der Waals surface area (Å²) in [5.41, 5.74) is 7.41. The van der Waals surface area contributed by atoms with Gasteiger partial charge in [0.05, 0.1) is 18.4 Å². The Morgan fingerprint density at radius 3 is 2.67 bits per heavy atom. The van der Waals surface area contributed by atoms with Gasteiger partial charge in [-0.1, -0.05) is 0 Å². The van der Waals surface area contributed by atoms with Gasteiger partial charge in [-0.2, -0.15) is 5.26 Å². The lowest BCUT2D eigenvalue weighted by molar-refractivity contribution is 0.408. The highest BCUT2D eigenvalue weighted by molar-refractivity contribution is 5.60. The van der Waals surface area contributed by atoms with Crippen LogP contribution in [0.1, 0.15) is 31.2 Å². The van der Waals surface area contributed by atoms with Crippen LogP contribution in [0.15, 0.2) is 18.2 Å². The highest BCUT2D eigenvalue weighted by Crippen LogP contribution is 2.26.